The SMILES string of the molecule is CC1(C)CN(CCC(=O)c2cc(F)cc(F)c2)CCS1. The summed E-state index contributed by atoms with van der Waals surface area (Å²) in [6.07, 6.45) is 0.295. The van der Waals surface area contributed by atoms with Crippen LogP contribution in [0, 0.1) is 11.6 Å². The van der Waals surface area contributed by atoms with Crippen molar-refractivity contribution in [3.8, 4) is 0 Å². The lowest BCUT2D eigenvalue weighted by Gasteiger charge is -2.37. The summed E-state index contributed by atoms with van der Waals surface area (Å²) in [6.45, 7) is 6.91. The van der Waals surface area contributed by atoms with Crippen LogP contribution in [0.2, 0.25) is 0 Å². The van der Waals surface area contributed by atoms with Crippen LogP contribution in [0.5, 0.6) is 0 Å². The van der Waals surface area contributed by atoms with Gasteiger partial charge in [0.05, 0.1) is 0 Å². The standard InChI is InChI=1S/C15H19F2NOS/c1-15(2)10-18(5-6-20-15)4-3-14(19)11-7-12(16)9-13(17)8-11/h7-9H,3-6,10H2,1-2H3. The molecule has 0 radical (unpaired) electrons. The Labute approximate surface area is 122 Å². The second kappa shape index (κ2) is 6.22. The summed E-state index contributed by atoms with van der Waals surface area (Å²) in [4.78, 5) is 14.2. The predicted molar refractivity (Wildman–Crippen MR) is 78.3 cm³/mol. The van der Waals surface area contributed by atoms with Crippen molar-refractivity contribution in [3.63, 3.8) is 0 Å². The summed E-state index contributed by atoms with van der Waals surface area (Å²) in [5, 5.41) is 0. The fraction of sp³-hybridized carbons (Fsp3) is 0.533. The maximum atomic E-state index is 13.1. The summed E-state index contributed by atoms with van der Waals surface area (Å²) in [5.74, 6) is -0.567. The van der Waals surface area contributed by atoms with E-state index in [-0.39, 0.29) is 16.1 Å². The number of hydrogen-bond donors (Lipinski definition) is 0. The molecule has 110 valence electrons. The van der Waals surface area contributed by atoms with Crippen molar-refractivity contribution in [2.75, 3.05) is 25.4 Å². The number of nitrogens with zero attached hydrogens (tertiary/aromatic N) is 1. The molecule has 0 atom stereocenters. The average molecular weight is 299 g/mol. The Morgan fingerprint density at radius 1 is 1.30 bits per heavy atom. The van der Waals surface area contributed by atoms with Crippen LogP contribution >= 0.6 is 11.8 Å². The number of carbonyl (C=O) groups is 1. The zero-order valence-corrected chi connectivity index (χ0v) is 12.6. The number of benzene rings is 1. The molecule has 1 aliphatic rings. The molecular weight excluding hydrogens is 280 g/mol. The predicted octanol–water partition coefficient (Wildman–Crippen LogP) is 3.37. The Morgan fingerprint density at radius 3 is 2.55 bits per heavy atom. The van der Waals surface area contributed by atoms with E-state index < -0.39 is 11.6 Å². The molecule has 0 spiro atoms. The van der Waals surface area contributed by atoms with Gasteiger partial charge in [-0.15, -0.1) is 0 Å². The average Bonchev–Trinajstić information content (AvgIpc) is 2.33. The van der Waals surface area contributed by atoms with Gasteiger partial charge in [-0.05, 0) is 26.0 Å². The third kappa shape index (κ3) is 4.28. The summed E-state index contributed by atoms with van der Waals surface area (Å²) in [6, 6.07) is 2.98. The number of ketones is 1. The molecule has 1 aromatic rings. The first kappa shape index (κ1) is 15.4. The lowest BCUT2D eigenvalue weighted by molar-refractivity contribution is 0.0961. The van der Waals surface area contributed by atoms with E-state index in [0.29, 0.717) is 13.0 Å². The van der Waals surface area contributed by atoms with E-state index in [9.17, 15) is 13.6 Å². The number of hydrogen-bond acceptors (Lipinski definition) is 3. The molecule has 0 aromatic heterocycles. The summed E-state index contributed by atoms with van der Waals surface area (Å²) < 4.78 is 26.4. The molecule has 2 rings (SSSR count). The molecule has 1 saturated heterocycles. The van der Waals surface area contributed by atoms with Crippen molar-refractivity contribution in [1.82, 2.24) is 4.90 Å². The lowest BCUT2D eigenvalue weighted by Crippen LogP contribution is -2.43. The van der Waals surface area contributed by atoms with Crippen molar-refractivity contribution in [3.05, 3.63) is 35.4 Å². The van der Waals surface area contributed by atoms with Crippen LogP contribution in [-0.4, -0.2) is 40.8 Å². The largest absolute Gasteiger partial charge is 0.301 e. The van der Waals surface area contributed by atoms with Gasteiger partial charge in [0.25, 0.3) is 0 Å². The molecule has 1 aliphatic heterocycles. The highest BCUT2D eigenvalue weighted by molar-refractivity contribution is 8.00. The van der Waals surface area contributed by atoms with Crippen LogP contribution in [0.15, 0.2) is 18.2 Å². The van der Waals surface area contributed by atoms with Crippen molar-refractivity contribution in [1.29, 1.82) is 0 Å². The fourth-order valence-electron chi connectivity index (χ4n) is 2.42. The van der Waals surface area contributed by atoms with Crippen LogP contribution in [0.1, 0.15) is 30.6 Å². The number of halogens is 2. The molecule has 0 unspecified atom stereocenters. The van der Waals surface area contributed by atoms with Crippen LogP contribution in [0.4, 0.5) is 8.78 Å². The fourth-order valence-corrected chi connectivity index (χ4v) is 3.60. The molecule has 5 heteroatoms. The molecule has 0 saturated carbocycles. The first-order valence-corrected chi connectivity index (χ1v) is 7.70. The van der Waals surface area contributed by atoms with E-state index in [0.717, 1.165) is 37.0 Å². The van der Waals surface area contributed by atoms with Crippen LogP contribution in [-0.2, 0) is 0 Å². The van der Waals surface area contributed by atoms with E-state index in [2.05, 4.69) is 18.7 Å². The summed E-state index contributed by atoms with van der Waals surface area (Å²) in [5.41, 5.74) is 0.119. The van der Waals surface area contributed by atoms with Gasteiger partial charge in [0, 0.05) is 48.2 Å². The molecule has 2 nitrogen and oxygen atoms in total. The zero-order valence-electron chi connectivity index (χ0n) is 11.8. The number of Topliss-reactive ketones (excluding diaryl/α,β-unsaturated/α-hetero) is 1. The van der Waals surface area contributed by atoms with Gasteiger partial charge < -0.3 is 4.90 Å². The van der Waals surface area contributed by atoms with Crippen molar-refractivity contribution < 1.29 is 13.6 Å². The van der Waals surface area contributed by atoms with Crippen molar-refractivity contribution >= 4 is 17.5 Å². The van der Waals surface area contributed by atoms with E-state index in [1.807, 2.05) is 11.8 Å². The van der Waals surface area contributed by atoms with Gasteiger partial charge in [-0.1, -0.05) is 0 Å². The van der Waals surface area contributed by atoms with Crippen molar-refractivity contribution in [2.45, 2.75) is 25.0 Å². The Hall–Kier alpha value is -0.940. The highest BCUT2D eigenvalue weighted by Gasteiger charge is 2.27. The summed E-state index contributed by atoms with van der Waals surface area (Å²) >= 11 is 1.93. The number of thioether (sulfide) groups is 1. The first-order valence-electron chi connectivity index (χ1n) is 6.71. The second-order valence-corrected chi connectivity index (χ2v) is 7.52. The van der Waals surface area contributed by atoms with Crippen LogP contribution < -0.4 is 0 Å². The van der Waals surface area contributed by atoms with Gasteiger partial charge in [0.1, 0.15) is 11.6 Å². The van der Waals surface area contributed by atoms with Gasteiger partial charge in [-0.25, -0.2) is 8.78 Å². The quantitative estimate of drug-likeness (QED) is 0.795. The smallest absolute Gasteiger partial charge is 0.164 e. The van der Waals surface area contributed by atoms with Crippen LogP contribution in [0.25, 0.3) is 0 Å². The van der Waals surface area contributed by atoms with Gasteiger partial charge in [0.15, 0.2) is 5.78 Å². The van der Waals surface area contributed by atoms with Gasteiger partial charge in [-0.2, -0.15) is 11.8 Å². The monoisotopic (exact) mass is 299 g/mol. The van der Waals surface area contributed by atoms with Crippen LogP contribution in [0.3, 0.4) is 0 Å². The molecule has 1 aromatic carbocycles. The molecule has 0 N–H and O–H groups in total. The molecule has 0 aliphatic carbocycles. The molecule has 1 heterocycles. The van der Waals surface area contributed by atoms with E-state index in [1.165, 1.54) is 0 Å². The maximum Gasteiger partial charge on any atom is 0.164 e. The topological polar surface area (TPSA) is 20.3 Å². The highest BCUT2D eigenvalue weighted by atomic mass is 32.2. The van der Waals surface area contributed by atoms with E-state index in [1.54, 1.807) is 0 Å². The lowest BCUT2D eigenvalue weighted by atomic mass is 10.1. The Balaban J connectivity index is 1.92. The Morgan fingerprint density at radius 2 is 1.95 bits per heavy atom. The molecule has 1 fully saturated rings. The van der Waals surface area contributed by atoms with Gasteiger partial charge in [-0.3, -0.25) is 4.79 Å². The number of rotatable bonds is 4. The molecule has 0 bridgehead atoms. The zero-order chi connectivity index (χ0) is 14.8. The van der Waals surface area contributed by atoms with Gasteiger partial charge in [0.2, 0.25) is 0 Å². The maximum absolute atomic E-state index is 13.1. The third-order valence-corrected chi connectivity index (χ3v) is 4.64. The minimum atomic E-state index is -0.705. The second-order valence-electron chi connectivity index (χ2n) is 5.72. The first-order chi connectivity index (χ1) is 9.35. The minimum absolute atomic E-state index is 0.119. The van der Waals surface area contributed by atoms with E-state index in [4.69, 9.17) is 0 Å². The third-order valence-electron chi connectivity index (χ3n) is 3.34. The van der Waals surface area contributed by atoms with Crippen molar-refractivity contribution in [2.24, 2.45) is 0 Å². The number of carbonyl (C=O) groups excluding carboxylic acids is 1. The molecule has 20 heavy (non-hydrogen) atoms. The Bertz CT molecular complexity index is 484. The highest BCUT2D eigenvalue weighted by Crippen LogP contribution is 2.29. The van der Waals surface area contributed by atoms with E-state index >= 15 is 0 Å². The summed E-state index contributed by atoms with van der Waals surface area (Å²) in [7, 11) is 0. The molecular formula is C15H19F2NOS. The molecule has 0 amide bonds. The minimum Gasteiger partial charge on any atom is -0.301 e. The normalized spacial score (nSPS) is 19.0. The Kier molecular flexibility index (Phi) is 4.81. The van der Waals surface area contributed by atoms with Gasteiger partial charge >= 0.3 is 0 Å².